The summed E-state index contributed by atoms with van der Waals surface area (Å²) >= 11 is 0. The largest absolute Gasteiger partial charge is 0.356 e. The molecule has 1 amide bonds. The van der Waals surface area contributed by atoms with Crippen molar-refractivity contribution in [1.82, 2.24) is 16.0 Å². The summed E-state index contributed by atoms with van der Waals surface area (Å²) in [4.78, 5) is 16.0. The Labute approximate surface area is 156 Å². The highest BCUT2D eigenvalue weighted by atomic mass is 127. The molecule has 0 bridgehead atoms. The second-order valence-electron chi connectivity index (χ2n) is 5.58. The Morgan fingerprint density at radius 3 is 2.26 bits per heavy atom. The Kier molecular flexibility index (Phi) is 12.4. The average molecular weight is 432 g/mol. The summed E-state index contributed by atoms with van der Waals surface area (Å²) in [6.45, 7) is 6.74. The summed E-state index contributed by atoms with van der Waals surface area (Å²) in [6, 6.07) is 9.26. The smallest absolute Gasteiger partial charge is 0.251 e. The first-order chi connectivity index (χ1) is 10.6. The van der Waals surface area contributed by atoms with Crippen LogP contribution in [0.2, 0.25) is 0 Å². The highest BCUT2D eigenvalue weighted by Gasteiger charge is 2.03. The molecule has 1 rings (SSSR count). The number of guanidine groups is 1. The van der Waals surface area contributed by atoms with Crippen LogP contribution >= 0.6 is 24.0 Å². The topological polar surface area (TPSA) is 65.5 Å². The molecule has 130 valence electrons. The van der Waals surface area contributed by atoms with Crippen LogP contribution in [0.15, 0.2) is 35.3 Å². The van der Waals surface area contributed by atoms with Gasteiger partial charge in [0.1, 0.15) is 0 Å². The van der Waals surface area contributed by atoms with Crippen LogP contribution < -0.4 is 16.0 Å². The van der Waals surface area contributed by atoms with Crippen LogP contribution in [0.1, 0.15) is 37.0 Å². The Morgan fingerprint density at radius 2 is 1.65 bits per heavy atom. The van der Waals surface area contributed by atoms with Gasteiger partial charge in [0.25, 0.3) is 5.91 Å². The van der Waals surface area contributed by atoms with Gasteiger partial charge >= 0.3 is 0 Å². The molecule has 0 atom stereocenters. The van der Waals surface area contributed by atoms with Gasteiger partial charge in [-0.05, 0) is 30.9 Å². The molecule has 0 spiro atoms. The molecule has 1 aromatic rings. The average Bonchev–Trinajstić information content (AvgIpc) is 2.53. The van der Waals surface area contributed by atoms with Crippen LogP contribution in [0, 0.1) is 5.92 Å². The lowest BCUT2D eigenvalue weighted by Crippen LogP contribution is -2.39. The molecule has 23 heavy (non-hydrogen) atoms. The first-order valence-electron chi connectivity index (χ1n) is 7.91. The molecule has 3 N–H and O–H groups in total. The minimum absolute atomic E-state index is 0. The Hall–Kier alpha value is -1.31. The maximum atomic E-state index is 11.8. The van der Waals surface area contributed by atoms with Gasteiger partial charge in [-0.1, -0.05) is 32.0 Å². The number of nitrogens with one attached hydrogen (secondary N) is 3. The summed E-state index contributed by atoms with van der Waals surface area (Å²) in [7, 11) is 1.77. The number of amides is 1. The van der Waals surface area contributed by atoms with Crippen LogP contribution in [0.5, 0.6) is 0 Å². The Morgan fingerprint density at radius 1 is 1.04 bits per heavy atom. The molecule has 0 aromatic heterocycles. The van der Waals surface area contributed by atoms with Gasteiger partial charge in [0, 0.05) is 32.2 Å². The third-order valence-corrected chi connectivity index (χ3v) is 3.21. The predicted octanol–water partition coefficient (Wildman–Crippen LogP) is 2.64. The second-order valence-corrected chi connectivity index (χ2v) is 5.58. The summed E-state index contributed by atoms with van der Waals surface area (Å²) in [5.74, 6) is 1.47. The maximum absolute atomic E-state index is 11.8. The van der Waals surface area contributed by atoms with Gasteiger partial charge in [-0.25, -0.2) is 0 Å². The molecule has 0 aliphatic heterocycles. The van der Waals surface area contributed by atoms with Crippen LogP contribution in [0.3, 0.4) is 0 Å². The van der Waals surface area contributed by atoms with E-state index >= 15 is 0 Å². The van der Waals surface area contributed by atoms with Gasteiger partial charge in [0.05, 0.1) is 0 Å². The zero-order valence-electron chi connectivity index (χ0n) is 14.3. The number of benzene rings is 1. The van der Waals surface area contributed by atoms with E-state index in [1.165, 1.54) is 0 Å². The van der Waals surface area contributed by atoms with E-state index in [1.807, 2.05) is 30.3 Å². The van der Waals surface area contributed by atoms with Crippen molar-refractivity contribution in [2.75, 3.05) is 26.7 Å². The Balaban J connectivity index is 0.00000484. The van der Waals surface area contributed by atoms with Crippen molar-refractivity contribution < 1.29 is 4.79 Å². The molecule has 0 saturated carbocycles. The third kappa shape index (κ3) is 10.1. The zero-order valence-corrected chi connectivity index (χ0v) is 16.6. The Bertz CT molecular complexity index is 463. The van der Waals surface area contributed by atoms with Gasteiger partial charge in [-0.15, -0.1) is 24.0 Å². The molecule has 0 saturated heterocycles. The minimum Gasteiger partial charge on any atom is -0.356 e. The quantitative estimate of drug-likeness (QED) is 0.256. The summed E-state index contributed by atoms with van der Waals surface area (Å²) in [6.07, 6.45) is 1.97. The lowest BCUT2D eigenvalue weighted by Gasteiger charge is -2.13. The monoisotopic (exact) mass is 432 g/mol. The lowest BCUT2D eigenvalue weighted by atomic mass is 10.1. The van der Waals surface area contributed by atoms with E-state index in [1.54, 1.807) is 7.05 Å². The predicted molar refractivity (Wildman–Crippen MR) is 108 cm³/mol. The molecule has 0 aliphatic carbocycles. The van der Waals surface area contributed by atoms with Gasteiger partial charge in [0.15, 0.2) is 5.96 Å². The van der Waals surface area contributed by atoms with Gasteiger partial charge in [-0.2, -0.15) is 0 Å². The molecule has 0 aliphatic rings. The van der Waals surface area contributed by atoms with E-state index in [0.29, 0.717) is 18.0 Å². The number of carbonyl (C=O) groups excluding carboxylic acids is 1. The third-order valence-electron chi connectivity index (χ3n) is 3.21. The van der Waals surface area contributed by atoms with Crippen molar-refractivity contribution in [3.63, 3.8) is 0 Å². The highest BCUT2D eigenvalue weighted by molar-refractivity contribution is 14.0. The maximum Gasteiger partial charge on any atom is 0.251 e. The fourth-order valence-electron chi connectivity index (χ4n) is 1.89. The van der Waals surface area contributed by atoms with Crippen LogP contribution in [0.4, 0.5) is 0 Å². The zero-order chi connectivity index (χ0) is 16.2. The summed E-state index contributed by atoms with van der Waals surface area (Å²) < 4.78 is 0. The normalized spacial score (nSPS) is 10.9. The first-order valence-corrected chi connectivity index (χ1v) is 7.91. The molecule has 6 heteroatoms. The number of aliphatic imine (C=N–C) groups is 1. The van der Waals surface area contributed by atoms with Crippen molar-refractivity contribution in [3.8, 4) is 0 Å². The van der Waals surface area contributed by atoms with Crippen LogP contribution in [-0.2, 0) is 0 Å². The van der Waals surface area contributed by atoms with E-state index < -0.39 is 0 Å². The van der Waals surface area contributed by atoms with E-state index in [9.17, 15) is 4.79 Å². The van der Waals surface area contributed by atoms with E-state index in [4.69, 9.17) is 0 Å². The van der Waals surface area contributed by atoms with Gasteiger partial charge in [0.2, 0.25) is 0 Å². The minimum atomic E-state index is -0.0277. The molecule has 0 unspecified atom stereocenters. The van der Waals surface area contributed by atoms with Crippen molar-refractivity contribution >= 4 is 35.8 Å². The lowest BCUT2D eigenvalue weighted by molar-refractivity contribution is 0.0953. The van der Waals surface area contributed by atoms with Gasteiger partial charge < -0.3 is 16.0 Å². The fraction of sp³-hybridized carbons (Fsp3) is 0.529. The second kappa shape index (κ2) is 13.2. The molecule has 0 fully saturated rings. The number of rotatable bonds is 8. The van der Waals surface area contributed by atoms with Crippen molar-refractivity contribution in [2.24, 2.45) is 10.9 Å². The number of hydrogen-bond acceptors (Lipinski definition) is 2. The SMILES string of the molecule is CN=C(NCCCNC(=O)c1ccccc1)NCCC(C)C.I. The molecule has 5 nitrogen and oxygen atoms in total. The number of carbonyl (C=O) groups is 1. The number of halogens is 1. The molecule has 0 heterocycles. The van der Waals surface area contributed by atoms with E-state index in [2.05, 4.69) is 34.8 Å². The molecule has 0 radical (unpaired) electrons. The molecule has 1 aromatic carbocycles. The van der Waals surface area contributed by atoms with Crippen molar-refractivity contribution in [1.29, 1.82) is 0 Å². The highest BCUT2D eigenvalue weighted by Crippen LogP contribution is 1.97. The van der Waals surface area contributed by atoms with Gasteiger partial charge in [-0.3, -0.25) is 9.79 Å². The van der Waals surface area contributed by atoms with Crippen molar-refractivity contribution in [2.45, 2.75) is 26.7 Å². The fourth-order valence-corrected chi connectivity index (χ4v) is 1.89. The summed E-state index contributed by atoms with van der Waals surface area (Å²) in [5, 5.41) is 9.43. The molecular weight excluding hydrogens is 403 g/mol. The molecular formula is C17H29IN4O. The van der Waals surface area contributed by atoms with Crippen LogP contribution in [0.25, 0.3) is 0 Å². The van der Waals surface area contributed by atoms with E-state index in [0.717, 1.165) is 31.9 Å². The number of nitrogens with zero attached hydrogens (tertiary/aromatic N) is 1. The van der Waals surface area contributed by atoms with Crippen molar-refractivity contribution in [3.05, 3.63) is 35.9 Å². The standard InChI is InChI=1S/C17H28N4O.HI/c1-14(2)10-13-21-17(18-3)20-12-7-11-19-16(22)15-8-5-4-6-9-15;/h4-6,8-9,14H,7,10-13H2,1-3H3,(H,19,22)(H2,18,20,21);1H. The summed E-state index contributed by atoms with van der Waals surface area (Å²) in [5.41, 5.74) is 0.696. The van der Waals surface area contributed by atoms with Crippen LogP contribution in [-0.4, -0.2) is 38.5 Å². The number of hydrogen-bond donors (Lipinski definition) is 3. The van der Waals surface area contributed by atoms with E-state index in [-0.39, 0.29) is 29.9 Å². The first kappa shape index (κ1) is 21.7.